The van der Waals surface area contributed by atoms with Gasteiger partial charge >= 0.3 is 0 Å². The summed E-state index contributed by atoms with van der Waals surface area (Å²) in [5, 5.41) is 0. The molecule has 2 aliphatic heterocycles. The zero-order chi connectivity index (χ0) is 24.4. The second-order valence-electron chi connectivity index (χ2n) is 8.73. The Kier molecular flexibility index (Phi) is 6.50. The maximum atomic E-state index is 14.9. The molecule has 0 aliphatic carbocycles. The Morgan fingerprint density at radius 1 is 1.11 bits per heavy atom. The van der Waals surface area contributed by atoms with Crippen molar-refractivity contribution in [1.29, 1.82) is 0 Å². The second-order valence-corrected chi connectivity index (χ2v) is 8.73. The molecule has 3 heterocycles. The van der Waals surface area contributed by atoms with Crippen molar-refractivity contribution in [2.45, 2.75) is 26.4 Å². The van der Waals surface area contributed by atoms with Crippen LogP contribution in [0.15, 0.2) is 48.7 Å². The quantitative estimate of drug-likeness (QED) is 0.532. The van der Waals surface area contributed by atoms with Crippen LogP contribution in [0.25, 0.3) is 11.3 Å². The van der Waals surface area contributed by atoms with Crippen molar-refractivity contribution in [1.82, 2.24) is 14.9 Å². The van der Waals surface area contributed by atoms with Crippen molar-refractivity contribution < 1.29 is 23.4 Å². The van der Waals surface area contributed by atoms with Crippen LogP contribution < -0.4 is 14.4 Å². The van der Waals surface area contributed by atoms with Crippen molar-refractivity contribution in [3.05, 3.63) is 65.6 Å². The first-order valence-electron chi connectivity index (χ1n) is 11.7. The summed E-state index contributed by atoms with van der Waals surface area (Å²) in [5.41, 5.74) is 1.69. The third kappa shape index (κ3) is 4.77. The van der Waals surface area contributed by atoms with Gasteiger partial charge in [0.2, 0.25) is 12.7 Å². The number of anilines is 1. The predicted octanol–water partition coefficient (Wildman–Crippen LogP) is 3.90. The van der Waals surface area contributed by atoms with Gasteiger partial charge in [-0.1, -0.05) is 18.2 Å². The standard InChI is InChI=1S/C26H27FN4O4/c1-17(2)31(15-18-7-8-22-23(13-18)35-16-34-22)25(32)20-14-28-26(30-9-11-33-12-10-30)29-24(20)19-5-3-4-6-21(19)27/h3-8,13-14,17H,9-12,15-16H2,1-2H3. The van der Waals surface area contributed by atoms with E-state index in [2.05, 4.69) is 9.97 Å². The normalized spacial score (nSPS) is 14.9. The maximum Gasteiger partial charge on any atom is 0.258 e. The number of nitrogens with zero attached hydrogens (tertiary/aromatic N) is 4. The van der Waals surface area contributed by atoms with Crippen LogP contribution >= 0.6 is 0 Å². The van der Waals surface area contributed by atoms with Crippen LogP contribution in [-0.4, -0.2) is 59.9 Å². The van der Waals surface area contributed by atoms with E-state index in [1.54, 1.807) is 23.1 Å². The van der Waals surface area contributed by atoms with Crippen LogP contribution in [0.5, 0.6) is 11.5 Å². The molecule has 1 saturated heterocycles. The lowest BCUT2D eigenvalue weighted by Crippen LogP contribution is -2.38. The number of hydrogen-bond donors (Lipinski definition) is 0. The predicted molar refractivity (Wildman–Crippen MR) is 128 cm³/mol. The largest absolute Gasteiger partial charge is 0.454 e. The summed E-state index contributed by atoms with van der Waals surface area (Å²) < 4.78 is 31.2. The van der Waals surface area contributed by atoms with Crippen LogP contribution in [-0.2, 0) is 11.3 Å². The summed E-state index contributed by atoms with van der Waals surface area (Å²) in [6, 6.07) is 11.8. The Labute approximate surface area is 203 Å². The first-order chi connectivity index (χ1) is 17.0. The van der Waals surface area contributed by atoms with Crippen molar-refractivity contribution in [2.75, 3.05) is 38.0 Å². The number of amides is 1. The molecule has 1 amide bonds. The third-order valence-corrected chi connectivity index (χ3v) is 6.10. The number of fused-ring (bicyclic) bond motifs is 1. The third-order valence-electron chi connectivity index (χ3n) is 6.10. The van der Waals surface area contributed by atoms with E-state index in [0.717, 1.165) is 5.56 Å². The van der Waals surface area contributed by atoms with Crippen LogP contribution in [0.1, 0.15) is 29.8 Å². The number of hydrogen-bond acceptors (Lipinski definition) is 7. The number of rotatable bonds is 6. The van der Waals surface area contributed by atoms with Gasteiger partial charge in [0.1, 0.15) is 5.82 Å². The monoisotopic (exact) mass is 478 g/mol. The van der Waals surface area contributed by atoms with Gasteiger partial charge in [0.15, 0.2) is 11.5 Å². The molecule has 5 rings (SSSR count). The molecule has 0 unspecified atom stereocenters. The molecule has 0 spiro atoms. The highest BCUT2D eigenvalue weighted by atomic mass is 19.1. The van der Waals surface area contributed by atoms with E-state index in [9.17, 15) is 9.18 Å². The summed E-state index contributed by atoms with van der Waals surface area (Å²) in [5.74, 6) is 1.08. The van der Waals surface area contributed by atoms with Gasteiger partial charge in [-0.15, -0.1) is 0 Å². The molecule has 8 nitrogen and oxygen atoms in total. The van der Waals surface area contributed by atoms with E-state index in [-0.39, 0.29) is 35.6 Å². The second kappa shape index (κ2) is 9.87. The van der Waals surface area contributed by atoms with Crippen molar-refractivity contribution in [2.24, 2.45) is 0 Å². The van der Waals surface area contributed by atoms with Crippen LogP contribution in [0.2, 0.25) is 0 Å². The Morgan fingerprint density at radius 2 is 1.89 bits per heavy atom. The van der Waals surface area contributed by atoms with E-state index < -0.39 is 5.82 Å². The van der Waals surface area contributed by atoms with Crippen molar-refractivity contribution in [3.63, 3.8) is 0 Å². The molecule has 35 heavy (non-hydrogen) atoms. The number of aromatic nitrogens is 2. The summed E-state index contributed by atoms with van der Waals surface area (Å²) in [6.07, 6.45) is 1.51. The fourth-order valence-electron chi connectivity index (χ4n) is 4.18. The zero-order valence-corrected chi connectivity index (χ0v) is 19.7. The molecule has 3 aromatic rings. The molecule has 0 atom stereocenters. The van der Waals surface area contributed by atoms with Gasteiger partial charge in [0.05, 0.1) is 24.5 Å². The summed E-state index contributed by atoms with van der Waals surface area (Å²) >= 11 is 0. The Hall–Kier alpha value is -3.72. The molecular weight excluding hydrogens is 451 g/mol. The first-order valence-corrected chi connectivity index (χ1v) is 11.7. The lowest BCUT2D eigenvalue weighted by atomic mass is 10.0. The van der Waals surface area contributed by atoms with Crippen LogP contribution in [0, 0.1) is 5.82 Å². The molecule has 182 valence electrons. The number of carbonyl (C=O) groups excluding carboxylic acids is 1. The zero-order valence-electron chi connectivity index (χ0n) is 19.7. The van der Waals surface area contributed by atoms with E-state index in [0.29, 0.717) is 50.3 Å². The van der Waals surface area contributed by atoms with Gasteiger partial charge in [-0.25, -0.2) is 14.4 Å². The summed E-state index contributed by atoms with van der Waals surface area (Å²) in [7, 11) is 0. The molecular formula is C26H27FN4O4. The topological polar surface area (TPSA) is 77.0 Å². The van der Waals surface area contributed by atoms with Crippen LogP contribution in [0.3, 0.4) is 0 Å². The fourth-order valence-corrected chi connectivity index (χ4v) is 4.18. The van der Waals surface area contributed by atoms with Crippen LogP contribution in [0.4, 0.5) is 10.3 Å². The van der Waals surface area contributed by atoms with Gasteiger partial charge in [-0.2, -0.15) is 0 Å². The lowest BCUT2D eigenvalue weighted by molar-refractivity contribution is 0.0690. The first kappa shape index (κ1) is 23.0. The van der Waals surface area contributed by atoms with E-state index >= 15 is 0 Å². The maximum absolute atomic E-state index is 14.9. The minimum absolute atomic E-state index is 0.125. The molecule has 0 saturated carbocycles. The average molecular weight is 479 g/mol. The van der Waals surface area contributed by atoms with Gasteiger partial charge in [0.25, 0.3) is 5.91 Å². The Balaban J connectivity index is 1.52. The highest BCUT2D eigenvalue weighted by Crippen LogP contribution is 2.33. The molecule has 2 aliphatic rings. The van der Waals surface area contributed by atoms with E-state index in [1.807, 2.05) is 36.9 Å². The smallest absolute Gasteiger partial charge is 0.258 e. The molecule has 2 aromatic carbocycles. The number of halogens is 1. The van der Waals surface area contributed by atoms with Gasteiger partial charge in [-0.05, 0) is 43.7 Å². The molecule has 0 radical (unpaired) electrons. The molecule has 0 N–H and O–H groups in total. The minimum atomic E-state index is -0.444. The average Bonchev–Trinajstić information content (AvgIpc) is 3.35. The summed E-state index contributed by atoms with van der Waals surface area (Å²) in [4.78, 5) is 26.7. The fraction of sp³-hybridized carbons (Fsp3) is 0.346. The lowest BCUT2D eigenvalue weighted by Gasteiger charge is -2.29. The Morgan fingerprint density at radius 3 is 2.66 bits per heavy atom. The van der Waals surface area contributed by atoms with Crippen molar-refractivity contribution in [3.8, 4) is 22.8 Å². The minimum Gasteiger partial charge on any atom is -0.454 e. The highest BCUT2D eigenvalue weighted by molar-refractivity contribution is 6.00. The number of carbonyl (C=O) groups is 1. The van der Waals surface area contributed by atoms with Gasteiger partial charge < -0.3 is 24.0 Å². The molecule has 1 fully saturated rings. The number of ether oxygens (including phenoxy) is 3. The van der Waals surface area contributed by atoms with Crippen molar-refractivity contribution >= 4 is 11.9 Å². The number of benzene rings is 2. The Bertz CT molecular complexity index is 1230. The SMILES string of the molecule is CC(C)N(Cc1ccc2c(c1)OCO2)C(=O)c1cnc(N2CCOCC2)nc1-c1ccccc1F. The molecule has 9 heteroatoms. The van der Waals surface area contributed by atoms with E-state index in [1.165, 1.54) is 12.3 Å². The number of morpholine rings is 1. The van der Waals surface area contributed by atoms with Gasteiger partial charge in [-0.3, -0.25) is 4.79 Å². The molecule has 0 bridgehead atoms. The van der Waals surface area contributed by atoms with E-state index in [4.69, 9.17) is 14.2 Å². The highest BCUT2D eigenvalue weighted by Gasteiger charge is 2.27. The van der Waals surface area contributed by atoms with Gasteiger partial charge in [0, 0.05) is 37.4 Å². The summed E-state index contributed by atoms with van der Waals surface area (Å²) in [6.45, 7) is 6.80. The molecule has 1 aromatic heterocycles.